The minimum atomic E-state index is 0. The van der Waals surface area contributed by atoms with E-state index in [0.717, 1.165) is 51.7 Å². The van der Waals surface area contributed by atoms with Crippen LogP contribution in [0.15, 0.2) is 23.5 Å². The lowest BCUT2D eigenvalue weighted by molar-refractivity contribution is -0.0136. The van der Waals surface area contributed by atoms with Crippen molar-refractivity contribution < 1.29 is 4.74 Å². The summed E-state index contributed by atoms with van der Waals surface area (Å²) in [7, 11) is 2.12. The van der Waals surface area contributed by atoms with E-state index in [-0.39, 0.29) is 30.1 Å². The number of nitrogens with zero attached hydrogens (tertiary/aromatic N) is 4. The Labute approximate surface area is 155 Å². The minimum Gasteiger partial charge on any atom is -0.374 e. The topological polar surface area (TPSA) is 66.7 Å². The lowest BCUT2D eigenvalue weighted by Gasteiger charge is -2.29. The average molecular weight is 436 g/mol. The van der Waals surface area contributed by atoms with Gasteiger partial charge in [0.1, 0.15) is 0 Å². The van der Waals surface area contributed by atoms with E-state index in [9.17, 15) is 0 Å². The number of ether oxygens (including phenoxy) is 1. The summed E-state index contributed by atoms with van der Waals surface area (Å²) in [5.41, 5.74) is 0. The predicted octanol–water partition coefficient (Wildman–Crippen LogP) is 0.777. The number of nitrogens with one attached hydrogen (secondary N) is 2. The van der Waals surface area contributed by atoms with Gasteiger partial charge in [-0.25, -0.2) is 0 Å². The number of halogens is 1. The van der Waals surface area contributed by atoms with Crippen LogP contribution in [0.3, 0.4) is 0 Å². The highest BCUT2D eigenvalue weighted by Gasteiger charge is 2.17. The maximum Gasteiger partial charge on any atom is 0.191 e. The molecule has 132 valence electrons. The Bertz CT molecular complexity index is 439. The quantitative estimate of drug-likeness (QED) is 0.286. The molecule has 1 aliphatic heterocycles. The van der Waals surface area contributed by atoms with Crippen molar-refractivity contribution in [3.05, 3.63) is 18.5 Å². The molecule has 0 aromatic carbocycles. The molecule has 0 radical (unpaired) electrons. The molecule has 1 aromatic heterocycles. The Morgan fingerprint density at radius 2 is 2.30 bits per heavy atom. The normalized spacial score (nSPS) is 19.2. The first-order chi connectivity index (χ1) is 10.8. The van der Waals surface area contributed by atoms with Crippen LogP contribution in [-0.2, 0) is 11.3 Å². The molecular formula is C15H29IN6O. The average Bonchev–Trinajstić information content (AvgIpc) is 3.02. The van der Waals surface area contributed by atoms with Crippen LogP contribution in [0.1, 0.15) is 13.3 Å². The molecule has 1 aromatic rings. The molecule has 7 nitrogen and oxygen atoms in total. The van der Waals surface area contributed by atoms with E-state index in [1.807, 2.05) is 16.9 Å². The molecule has 8 heteroatoms. The van der Waals surface area contributed by atoms with E-state index in [4.69, 9.17) is 4.74 Å². The van der Waals surface area contributed by atoms with Crippen molar-refractivity contribution in [1.82, 2.24) is 25.3 Å². The molecule has 1 aliphatic rings. The summed E-state index contributed by atoms with van der Waals surface area (Å²) in [6, 6.07) is 1.94. The molecule has 23 heavy (non-hydrogen) atoms. The van der Waals surface area contributed by atoms with Crippen molar-refractivity contribution in [3.63, 3.8) is 0 Å². The van der Waals surface area contributed by atoms with Crippen LogP contribution >= 0.6 is 24.0 Å². The number of morpholine rings is 1. The molecule has 0 bridgehead atoms. The second-order valence-corrected chi connectivity index (χ2v) is 5.52. The maximum absolute atomic E-state index is 5.74. The first-order valence-corrected chi connectivity index (χ1v) is 8.07. The Hall–Kier alpha value is -0.870. The molecule has 0 saturated carbocycles. The van der Waals surface area contributed by atoms with Crippen LogP contribution < -0.4 is 10.6 Å². The smallest absolute Gasteiger partial charge is 0.191 e. The van der Waals surface area contributed by atoms with Gasteiger partial charge in [-0.15, -0.1) is 24.0 Å². The Kier molecular flexibility index (Phi) is 10.2. The summed E-state index contributed by atoms with van der Waals surface area (Å²) in [5.74, 6) is 0.861. The largest absolute Gasteiger partial charge is 0.374 e. The number of aliphatic imine (C=N–C) groups is 1. The van der Waals surface area contributed by atoms with Crippen molar-refractivity contribution in [1.29, 1.82) is 0 Å². The molecule has 1 atom stereocenters. The number of aryl methyl sites for hydroxylation is 1. The molecule has 2 N–H and O–H groups in total. The van der Waals surface area contributed by atoms with Crippen LogP contribution in [0.25, 0.3) is 0 Å². The summed E-state index contributed by atoms with van der Waals surface area (Å²) in [5, 5.41) is 10.8. The number of rotatable bonds is 7. The Morgan fingerprint density at radius 1 is 1.43 bits per heavy atom. The molecule has 2 rings (SSSR count). The van der Waals surface area contributed by atoms with E-state index >= 15 is 0 Å². The molecule has 1 unspecified atom stereocenters. The highest BCUT2D eigenvalue weighted by molar-refractivity contribution is 14.0. The summed E-state index contributed by atoms with van der Waals surface area (Å²) < 4.78 is 7.68. The molecular weight excluding hydrogens is 407 g/mol. The number of aromatic nitrogens is 2. The van der Waals surface area contributed by atoms with Crippen molar-refractivity contribution in [2.45, 2.75) is 26.0 Å². The van der Waals surface area contributed by atoms with Gasteiger partial charge in [-0.05, 0) is 26.5 Å². The van der Waals surface area contributed by atoms with Crippen LogP contribution in [0.2, 0.25) is 0 Å². The van der Waals surface area contributed by atoms with Crippen LogP contribution in [0.5, 0.6) is 0 Å². The third-order valence-corrected chi connectivity index (χ3v) is 3.55. The number of guanidine groups is 1. The lowest BCUT2D eigenvalue weighted by Crippen LogP contribution is -2.43. The third-order valence-electron chi connectivity index (χ3n) is 3.55. The van der Waals surface area contributed by atoms with E-state index in [0.29, 0.717) is 6.54 Å². The third kappa shape index (κ3) is 7.98. The van der Waals surface area contributed by atoms with Crippen molar-refractivity contribution in [2.24, 2.45) is 4.99 Å². The minimum absolute atomic E-state index is 0. The second-order valence-electron chi connectivity index (χ2n) is 5.52. The van der Waals surface area contributed by atoms with Crippen LogP contribution in [0, 0.1) is 0 Å². The van der Waals surface area contributed by atoms with Gasteiger partial charge in [-0.1, -0.05) is 0 Å². The summed E-state index contributed by atoms with van der Waals surface area (Å²) in [4.78, 5) is 6.91. The Morgan fingerprint density at radius 3 is 3.00 bits per heavy atom. The number of likely N-dealkylation sites (N-methyl/N-ethyl adjacent to an activating group) is 1. The van der Waals surface area contributed by atoms with Gasteiger partial charge in [0.05, 0.1) is 19.3 Å². The van der Waals surface area contributed by atoms with Gasteiger partial charge in [-0.2, -0.15) is 5.10 Å². The first kappa shape index (κ1) is 20.2. The number of hydrogen-bond acceptors (Lipinski definition) is 4. The molecule has 0 aliphatic carbocycles. The molecule has 1 saturated heterocycles. The fourth-order valence-electron chi connectivity index (χ4n) is 2.39. The van der Waals surface area contributed by atoms with Gasteiger partial charge in [0, 0.05) is 45.1 Å². The molecule has 0 spiro atoms. The fraction of sp³-hybridized carbons (Fsp3) is 0.733. The van der Waals surface area contributed by atoms with Gasteiger partial charge >= 0.3 is 0 Å². The fourth-order valence-corrected chi connectivity index (χ4v) is 2.39. The molecule has 0 amide bonds. The summed E-state index contributed by atoms with van der Waals surface area (Å²) in [6.07, 6.45) is 4.99. The first-order valence-electron chi connectivity index (χ1n) is 8.07. The Balaban J connectivity index is 0.00000264. The van der Waals surface area contributed by atoms with Crippen LogP contribution in [0.4, 0.5) is 0 Å². The van der Waals surface area contributed by atoms with E-state index in [1.54, 1.807) is 6.20 Å². The SMILES string of the molecule is CCNC(=NCC1CN(C)CCO1)NCCCn1cccn1.I. The molecule has 1 fully saturated rings. The van der Waals surface area contributed by atoms with Crippen molar-refractivity contribution in [2.75, 3.05) is 46.4 Å². The van der Waals surface area contributed by atoms with Crippen molar-refractivity contribution in [3.8, 4) is 0 Å². The zero-order valence-corrected chi connectivity index (χ0v) is 16.4. The predicted molar refractivity (Wildman–Crippen MR) is 103 cm³/mol. The van der Waals surface area contributed by atoms with E-state index < -0.39 is 0 Å². The zero-order valence-electron chi connectivity index (χ0n) is 14.1. The maximum atomic E-state index is 5.74. The standard InChI is InChI=1S/C15H28N6O.HI/c1-3-16-15(17-6-4-8-21-9-5-7-19-21)18-12-14-13-20(2)10-11-22-14;/h5,7,9,14H,3-4,6,8,10-13H2,1-2H3,(H2,16,17,18);1H. The monoisotopic (exact) mass is 436 g/mol. The highest BCUT2D eigenvalue weighted by Crippen LogP contribution is 2.03. The summed E-state index contributed by atoms with van der Waals surface area (Å²) in [6.45, 7) is 8.16. The van der Waals surface area contributed by atoms with Crippen molar-refractivity contribution >= 4 is 29.9 Å². The van der Waals surface area contributed by atoms with E-state index in [1.165, 1.54) is 0 Å². The van der Waals surface area contributed by atoms with Gasteiger partial charge in [0.2, 0.25) is 0 Å². The second kappa shape index (κ2) is 11.6. The van der Waals surface area contributed by atoms with E-state index in [2.05, 4.69) is 39.6 Å². The van der Waals surface area contributed by atoms with Gasteiger partial charge in [0.15, 0.2) is 5.96 Å². The van der Waals surface area contributed by atoms with Gasteiger partial charge in [-0.3, -0.25) is 9.67 Å². The van der Waals surface area contributed by atoms with Crippen LogP contribution in [-0.4, -0.2) is 73.1 Å². The highest BCUT2D eigenvalue weighted by atomic mass is 127. The zero-order chi connectivity index (χ0) is 15.6. The molecule has 2 heterocycles. The summed E-state index contributed by atoms with van der Waals surface area (Å²) >= 11 is 0. The van der Waals surface area contributed by atoms with Gasteiger partial charge in [0.25, 0.3) is 0 Å². The lowest BCUT2D eigenvalue weighted by atomic mass is 10.3. The number of hydrogen-bond donors (Lipinski definition) is 2. The van der Waals surface area contributed by atoms with Gasteiger partial charge < -0.3 is 20.3 Å².